The zero-order valence-electron chi connectivity index (χ0n) is 10.9. The number of anilines is 1. The molecule has 4 nitrogen and oxygen atoms in total. The lowest BCUT2D eigenvalue weighted by molar-refractivity contribution is 0.504. The fourth-order valence-electron chi connectivity index (χ4n) is 3.22. The Morgan fingerprint density at radius 3 is 2.89 bits per heavy atom. The van der Waals surface area contributed by atoms with Crippen LogP contribution in [0.4, 0.5) is 5.82 Å². The van der Waals surface area contributed by atoms with Gasteiger partial charge in [0.15, 0.2) is 0 Å². The van der Waals surface area contributed by atoms with Gasteiger partial charge in [-0.05, 0) is 44.4 Å². The maximum Gasteiger partial charge on any atom is 0.132 e. The van der Waals surface area contributed by atoms with Crippen LogP contribution in [0.2, 0.25) is 0 Å². The molecule has 0 amide bonds. The van der Waals surface area contributed by atoms with Gasteiger partial charge in [0.05, 0.1) is 0 Å². The molecule has 98 valence electrons. The Labute approximate surface area is 108 Å². The summed E-state index contributed by atoms with van der Waals surface area (Å²) < 4.78 is 0. The van der Waals surface area contributed by atoms with Crippen molar-refractivity contribution in [3.05, 3.63) is 17.6 Å². The van der Waals surface area contributed by atoms with Crippen molar-refractivity contribution in [1.29, 1.82) is 0 Å². The quantitative estimate of drug-likeness (QED) is 0.855. The maximum atomic E-state index is 6.11. The van der Waals surface area contributed by atoms with Crippen molar-refractivity contribution in [2.75, 3.05) is 11.9 Å². The number of nitrogens with two attached hydrogens (primary N) is 1. The highest BCUT2D eigenvalue weighted by Gasteiger charge is 2.24. The van der Waals surface area contributed by atoms with Gasteiger partial charge in [-0.25, -0.2) is 9.97 Å². The van der Waals surface area contributed by atoms with Crippen LogP contribution >= 0.6 is 0 Å². The summed E-state index contributed by atoms with van der Waals surface area (Å²) >= 11 is 0. The van der Waals surface area contributed by atoms with Gasteiger partial charge in [0.1, 0.15) is 12.1 Å². The molecule has 1 fully saturated rings. The van der Waals surface area contributed by atoms with E-state index in [-0.39, 0.29) is 0 Å². The first kappa shape index (κ1) is 11.9. The van der Waals surface area contributed by atoms with Crippen molar-refractivity contribution in [3.8, 4) is 0 Å². The highest BCUT2D eigenvalue weighted by molar-refractivity contribution is 5.47. The molecule has 2 unspecified atom stereocenters. The van der Waals surface area contributed by atoms with Crippen LogP contribution in [0.5, 0.6) is 0 Å². The molecule has 1 saturated carbocycles. The van der Waals surface area contributed by atoms with Crippen molar-refractivity contribution in [3.63, 3.8) is 0 Å². The molecule has 0 saturated heterocycles. The van der Waals surface area contributed by atoms with Gasteiger partial charge in [-0.1, -0.05) is 6.42 Å². The van der Waals surface area contributed by atoms with Crippen LogP contribution in [-0.4, -0.2) is 22.6 Å². The molecular formula is C14H22N4. The molecule has 1 aromatic heterocycles. The van der Waals surface area contributed by atoms with Crippen molar-refractivity contribution in [2.45, 2.75) is 51.0 Å². The fourth-order valence-corrected chi connectivity index (χ4v) is 3.22. The Balaban J connectivity index is 1.69. The van der Waals surface area contributed by atoms with Gasteiger partial charge in [-0.3, -0.25) is 0 Å². The Morgan fingerprint density at radius 2 is 2.06 bits per heavy atom. The molecule has 2 aliphatic carbocycles. The van der Waals surface area contributed by atoms with Crippen LogP contribution in [0, 0.1) is 5.92 Å². The normalized spacial score (nSPS) is 26.9. The molecular weight excluding hydrogens is 224 g/mol. The molecule has 2 aliphatic rings. The molecule has 0 aliphatic heterocycles. The van der Waals surface area contributed by atoms with E-state index in [2.05, 4.69) is 15.3 Å². The van der Waals surface area contributed by atoms with Gasteiger partial charge in [0.2, 0.25) is 0 Å². The van der Waals surface area contributed by atoms with Gasteiger partial charge >= 0.3 is 0 Å². The van der Waals surface area contributed by atoms with Crippen LogP contribution in [0.25, 0.3) is 0 Å². The first-order valence-corrected chi connectivity index (χ1v) is 7.17. The summed E-state index contributed by atoms with van der Waals surface area (Å²) in [4.78, 5) is 8.81. The molecule has 0 bridgehead atoms. The van der Waals surface area contributed by atoms with E-state index in [0.717, 1.165) is 25.2 Å². The van der Waals surface area contributed by atoms with E-state index in [1.54, 1.807) is 6.33 Å². The molecule has 4 heteroatoms. The number of fused-ring (bicyclic) bond motifs is 1. The zero-order chi connectivity index (χ0) is 12.4. The van der Waals surface area contributed by atoms with Crippen molar-refractivity contribution < 1.29 is 0 Å². The summed E-state index contributed by atoms with van der Waals surface area (Å²) in [5.41, 5.74) is 8.70. The number of hydrogen-bond donors (Lipinski definition) is 2. The number of hydrogen-bond acceptors (Lipinski definition) is 4. The third kappa shape index (κ3) is 2.34. The summed E-state index contributed by atoms with van der Waals surface area (Å²) in [5, 5.41) is 3.51. The van der Waals surface area contributed by atoms with E-state index < -0.39 is 0 Å². The predicted molar refractivity (Wildman–Crippen MR) is 72.5 cm³/mol. The standard InChI is InChI=1S/C14H22N4/c15-12-6-3-4-10(12)8-16-14-11-5-1-2-7-13(11)17-9-18-14/h9-10,12H,1-8,15H2,(H,16,17,18). The molecule has 0 spiro atoms. The lowest BCUT2D eigenvalue weighted by Crippen LogP contribution is -2.30. The van der Waals surface area contributed by atoms with E-state index in [9.17, 15) is 0 Å². The van der Waals surface area contributed by atoms with Crippen molar-refractivity contribution in [1.82, 2.24) is 9.97 Å². The topological polar surface area (TPSA) is 63.8 Å². The van der Waals surface area contributed by atoms with Crippen LogP contribution < -0.4 is 11.1 Å². The zero-order valence-corrected chi connectivity index (χ0v) is 10.9. The molecule has 3 N–H and O–H groups in total. The van der Waals surface area contributed by atoms with Crippen LogP contribution in [0.1, 0.15) is 43.4 Å². The first-order valence-electron chi connectivity index (χ1n) is 7.17. The summed E-state index contributed by atoms with van der Waals surface area (Å²) in [6.07, 6.45) is 10.1. The van der Waals surface area contributed by atoms with E-state index in [1.807, 2.05) is 0 Å². The Kier molecular flexibility index (Phi) is 3.46. The minimum absolute atomic E-state index is 0.371. The van der Waals surface area contributed by atoms with Crippen LogP contribution in [0.15, 0.2) is 6.33 Å². The number of nitrogens with one attached hydrogen (secondary N) is 1. The molecule has 0 radical (unpaired) electrons. The average Bonchev–Trinajstić information content (AvgIpc) is 2.82. The Hall–Kier alpha value is -1.16. The smallest absolute Gasteiger partial charge is 0.132 e. The second-order valence-corrected chi connectivity index (χ2v) is 5.59. The van der Waals surface area contributed by atoms with Gasteiger partial charge in [0, 0.05) is 23.8 Å². The van der Waals surface area contributed by atoms with E-state index in [4.69, 9.17) is 5.73 Å². The van der Waals surface area contributed by atoms with Crippen molar-refractivity contribution in [2.24, 2.45) is 11.7 Å². The van der Waals surface area contributed by atoms with E-state index in [0.29, 0.717) is 12.0 Å². The maximum absolute atomic E-state index is 6.11. The van der Waals surface area contributed by atoms with Crippen LogP contribution in [0.3, 0.4) is 0 Å². The third-order valence-corrected chi connectivity index (χ3v) is 4.37. The number of rotatable bonds is 3. The van der Waals surface area contributed by atoms with Gasteiger partial charge in [-0.2, -0.15) is 0 Å². The van der Waals surface area contributed by atoms with Gasteiger partial charge in [-0.15, -0.1) is 0 Å². The second kappa shape index (κ2) is 5.22. The second-order valence-electron chi connectivity index (χ2n) is 5.59. The Morgan fingerprint density at radius 1 is 1.17 bits per heavy atom. The summed E-state index contributed by atoms with van der Waals surface area (Å²) in [5.74, 6) is 1.66. The van der Waals surface area contributed by atoms with Crippen LogP contribution in [-0.2, 0) is 12.8 Å². The lowest BCUT2D eigenvalue weighted by Gasteiger charge is -2.20. The van der Waals surface area contributed by atoms with E-state index in [1.165, 1.54) is 43.4 Å². The highest BCUT2D eigenvalue weighted by Crippen LogP contribution is 2.27. The highest BCUT2D eigenvalue weighted by atomic mass is 15.0. The summed E-state index contributed by atoms with van der Waals surface area (Å²) in [7, 11) is 0. The number of aromatic nitrogens is 2. The van der Waals surface area contributed by atoms with E-state index >= 15 is 0 Å². The fraction of sp³-hybridized carbons (Fsp3) is 0.714. The molecule has 1 heterocycles. The third-order valence-electron chi connectivity index (χ3n) is 4.37. The van der Waals surface area contributed by atoms with Gasteiger partial charge in [0.25, 0.3) is 0 Å². The van der Waals surface area contributed by atoms with Crippen molar-refractivity contribution >= 4 is 5.82 Å². The number of aryl methyl sites for hydroxylation is 1. The predicted octanol–water partition coefficient (Wildman–Crippen LogP) is 1.89. The molecule has 18 heavy (non-hydrogen) atoms. The summed E-state index contributed by atoms with van der Waals surface area (Å²) in [6, 6.07) is 0.371. The molecule has 2 atom stereocenters. The first-order chi connectivity index (χ1) is 8.84. The monoisotopic (exact) mass is 246 g/mol. The molecule has 3 rings (SSSR count). The molecule has 1 aromatic rings. The average molecular weight is 246 g/mol. The summed E-state index contributed by atoms with van der Waals surface area (Å²) in [6.45, 7) is 0.963. The lowest BCUT2D eigenvalue weighted by atomic mass is 9.96. The minimum Gasteiger partial charge on any atom is -0.369 e. The largest absolute Gasteiger partial charge is 0.369 e. The minimum atomic E-state index is 0.371. The SMILES string of the molecule is NC1CCCC1CNc1ncnc2c1CCCC2. The Bertz CT molecular complexity index is 418. The molecule has 0 aromatic carbocycles. The number of nitrogens with zero attached hydrogens (tertiary/aromatic N) is 2. The van der Waals surface area contributed by atoms with Gasteiger partial charge < -0.3 is 11.1 Å².